The summed E-state index contributed by atoms with van der Waals surface area (Å²) in [6.45, 7) is 10.8. The highest BCUT2D eigenvalue weighted by Gasteiger charge is 2.53. The third kappa shape index (κ3) is 1.98. The van der Waals surface area contributed by atoms with Crippen LogP contribution in [0.5, 0.6) is 0 Å². The summed E-state index contributed by atoms with van der Waals surface area (Å²) in [5, 5.41) is 0. The van der Waals surface area contributed by atoms with Crippen LogP contribution in [0.25, 0.3) is 0 Å². The first-order chi connectivity index (χ1) is 8.28. The zero-order valence-corrected chi connectivity index (χ0v) is 12.9. The van der Waals surface area contributed by atoms with Gasteiger partial charge in [0.1, 0.15) is 0 Å². The maximum absolute atomic E-state index is 6.13. The normalized spacial score (nSPS) is 38.1. The molecule has 0 aromatic carbocycles. The Labute approximate surface area is 113 Å². The smallest absolute Gasteiger partial charge is 0.400 e. The van der Waals surface area contributed by atoms with Crippen LogP contribution in [0, 0.1) is 11.8 Å². The summed E-state index contributed by atoms with van der Waals surface area (Å²) >= 11 is 0. The van der Waals surface area contributed by atoms with Crippen molar-refractivity contribution in [3.05, 3.63) is 11.5 Å². The standard InChI is InChI=1S/C13H23BNO2P/c1-12(2)13(3,4)17-14(16-12)11-5-9-7-15(18)8-10(9)6-11/h5,9-10H,6-8,18H2,1-4H3. The summed E-state index contributed by atoms with van der Waals surface area (Å²) < 4.78 is 14.6. The van der Waals surface area contributed by atoms with Gasteiger partial charge in [-0.25, -0.2) is 0 Å². The van der Waals surface area contributed by atoms with Crippen LogP contribution in [0.4, 0.5) is 0 Å². The molecular weight excluding hydrogens is 244 g/mol. The van der Waals surface area contributed by atoms with Gasteiger partial charge in [0.25, 0.3) is 0 Å². The molecule has 2 fully saturated rings. The summed E-state index contributed by atoms with van der Waals surface area (Å²) in [5.74, 6) is 1.45. The first-order valence-electron chi connectivity index (χ1n) is 6.84. The third-order valence-electron chi connectivity index (χ3n) is 5.00. The van der Waals surface area contributed by atoms with E-state index in [9.17, 15) is 0 Å². The molecule has 1 aliphatic carbocycles. The van der Waals surface area contributed by atoms with Crippen LogP contribution in [0.15, 0.2) is 11.5 Å². The molecule has 3 rings (SSSR count). The SMILES string of the molecule is CC1(C)OB(C2=CC3CN(P)CC3C2)OC1(C)C. The fraction of sp³-hybridized carbons (Fsp3) is 0.846. The average Bonchev–Trinajstić information content (AvgIpc) is 2.77. The molecule has 5 heteroatoms. The zero-order valence-electron chi connectivity index (χ0n) is 11.8. The molecule has 0 saturated carbocycles. The zero-order chi connectivity index (χ0) is 13.1. The van der Waals surface area contributed by atoms with Crippen molar-refractivity contribution < 1.29 is 9.31 Å². The predicted molar refractivity (Wildman–Crippen MR) is 77.0 cm³/mol. The lowest BCUT2D eigenvalue weighted by Crippen LogP contribution is -2.41. The Hall–Kier alpha value is 0.115. The summed E-state index contributed by atoms with van der Waals surface area (Å²) in [5.41, 5.74) is 0.924. The molecule has 3 unspecified atom stereocenters. The van der Waals surface area contributed by atoms with Crippen LogP contribution in [-0.4, -0.2) is 36.1 Å². The largest absolute Gasteiger partial charge is 0.490 e. The van der Waals surface area contributed by atoms with Crippen molar-refractivity contribution in [3.8, 4) is 0 Å². The molecule has 100 valence electrons. The fourth-order valence-corrected chi connectivity index (χ4v) is 3.66. The molecule has 0 radical (unpaired) electrons. The summed E-state index contributed by atoms with van der Waals surface area (Å²) in [6.07, 6.45) is 3.53. The van der Waals surface area contributed by atoms with E-state index in [1.165, 1.54) is 12.0 Å². The molecule has 0 aromatic rings. The highest BCUT2D eigenvalue weighted by molar-refractivity contribution is 7.13. The molecule has 2 aliphatic heterocycles. The maximum Gasteiger partial charge on any atom is 0.490 e. The second-order valence-electron chi connectivity index (χ2n) is 6.91. The van der Waals surface area contributed by atoms with E-state index in [0.29, 0.717) is 5.92 Å². The van der Waals surface area contributed by atoms with Gasteiger partial charge in [-0.3, -0.25) is 4.67 Å². The molecule has 2 heterocycles. The number of allylic oxidation sites excluding steroid dienone is 1. The van der Waals surface area contributed by atoms with Crippen LogP contribution >= 0.6 is 9.39 Å². The lowest BCUT2D eigenvalue weighted by Gasteiger charge is -2.32. The Morgan fingerprint density at radius 2 is 1.83 bits per heavy atom. The Morgan fingerprint density at radius 3 is 2.39 bits per heavy atom. The first kappa shape index (κ1) is 13.1. The maximum atomic E-state index is 6.13. The highest BCUT2D eigenvalue weighted by Crippen LogP contribution is 2.44. The Morgan fingerprint density at radius 1 is 1.22 bits per heavy atom. The molecule has 0 aromatic heterocycles. The van der Waals surface area contributed by atoms with E-state index in [0.717, 1.165) is 18.9 Å². The van der Waals surface area contributed by atoms with Crippen LogP contribution in [0.2, 0.25) is 0 Å². The second kappa shape index (κ2) is 4.05. The van der Waals surface area contributed by atoms with Gasteiger partial charge in [0.05, 0.1) is 11.2 Å². The van der Waals surface area contributed by atoms with Crippen LogP contribution in [-0.2, 0) is 9.31 Å². The summed E-state index contributed by atoms with van der Waals surface area (Å²) in [4.78, 5) is 0. The fourth-order valence-electron chi connectivity index (χ4n) is 3.15. The van der Waals surface area contributed by atoms with Gasteiger partial charge in [0.15, 0.2) is 0 Å². The van der Waals surface area contributed by atoms with Gasteiger partial charge in [0.2, 0.25) is 0 Å². The quantitative estimate of drug-likeness (QED) is 0.537. The van der Waals surface area contributed by atoms with Crippen molar-refractivity contribution in [3.63, 3.8) is 0 Å². The molecule has 3 aliphatic rings. The number of fused-ring (bicyclic) bond motifs is 1. The predicted octanol–water partition coefficient (Wildman–Crippen LogP) is 2.29. The van der Waals surface area contributed by atoms with Gasteiger partial charge in [-0.15, -0.1) is 0 Å². The molecule has 3 nitrogen and oxygen atoms in total. The molecule has 3 atom stereocenters. The molecule has 18 heavy (non-hydrogen) atoms. The lowest BCUT2D eigenvalue weighted by molar-refractivity contribution is 0.00578. The average molecular weight is 267 g/mol. The lowest BCUT2D eigenvalue weighted by atomic mass is 9.77. The Kier molecular flexibility index (Phi) is 2.95. The van der Waals surface area contributed by atoms with Gasteiger partial charge in [0, 0.05) is 13.1 Å². The Bertz CT molecular complexity index is 380. The van der Waals surface area contributed by atoms with Crippen molar-refractivity contribution in [2.75, 3.05) is 13.1 Å². The van der Waals surface area contributed by atoms with Gasteiger partial charge < -0.3 is 9.31 Å². The minimum Gasteiger partial charge on any atom is -0.400 e. The van der Waals surface area contributed by atoms with Crippen LogP contribution in [0.1, 0.15) is 34.1 Å². The topological polar surface area (TPSA) is 21.7 Å². The van der Waals surface area contributed by atoms with E-state index in [1.54, 1.807) is 0 Å². The minimum atomic E-state index is -0.219. The molecule has 0 bridgehead atoms. The number of nitrogens with zero attached hydrogens (tertiary/aromatic N) is 1. The molecular formula is C13H23BNO2P. The van der Waals surface area contributed by atoms with Crippen molar-refractivity contribution in [2.24, 2.45) is 11.8 Å². The van der Waals surface area contributed by atoms with Crippen LogP contribution in [0.3, 0.4) is 0 Å². The molecule has 0 N–H and O–H groups in total. The third-order valence-corrected chi connectivity index (χ3v) is 5.42. The van der Waals surface area contributed by atoms with Crippen molar-refractivity contribution >= 4 is 16.5 Å². The second-order valence-corrected chi connectivity index (χ2v) is 7.64. The van der Waals surface area contributed by atoms with E-state index in [2.05, 4.69) is 47.8 Å². The van der Waals surface area contributed by atoms with Crippen molar-refractivity contribution in [1.82, 2.24) is 4.67 Å². The highest BCUT2D eigenvalue weighted by atomic mass is 31.0. The van der Waals surface area contributed by atoms with E-state index >= 15 is 0 Å². The van der Waals surface area contributed by atoms with Gasteiger partial charge in [-0.2, -0.15) is 0 Å². The molecule has 0 amide bonds. The monoisotopic (exact) mass is 267 g/mol. The van der Waals surface area contributed by atoms with E-state index in [1.807, 2.05) is 0 Å². The number of rotatable bonds is 1. The van der Waals surface area contributed by atoms with E-state index in [-0.39, 0.29) is 18.3 Å². The van der Waals surface area contributed by atoms with Gasteiger partial charge >= 0.3 is 7.12 Å². The minimum absolute atomic E-state index is 0.126. The first-order valence-corrected chi connectivity index (χ1v) is 7.36. The molecule has 2 saturated heterocycles. The van der Waals surface area contributed by atoms with E-state index < -0.39 is 0 Å². The van der Waals surface area contributed by atoms with Crippen molar-refractivity contribution in [1.29, 1.82) is 0 Å². The number of hydrogen-bond donors (Lipinski definition) is 0. The summed E-state index contributed by atoms with van der Waals surface area (Å²) in [6, 6.07) is 0. The van der Waals surface area contributed by atoms with Gasteiger partial charge in [-0.1, -0.05) is 15.5 Å². The summed E-state index contributed by atoms with van der Waals surface area (Å²) in [7, 11) is 2.69. The van der Waals surface area contributed by atoms with Gasteiger partial charge in [-0.05, 0) is 51.4 Å². The van der Waals surface area contributed by atoms with Crippen molar-refractivity contribution in [2.45, 2.75) is 45.3 Å². The van der Waals surface area contributed by atoms with Crippen LogP contribution < -0.4 is 0 Å². The molecule has 0 spiro atoms. The van der Waals surface area contributed by atoms with E-state index in [4.69, 9.17) is 9.31 Å². The Balaban J connectivity index is 1.74. The number of hydrogen-bond acceptors (Lipinski definition) is 3.